The van der Waals surface area contributed by atoms with Crippen molar-refractivity contribution >= 4 is 39.4 Å². The number of piperazine rings is 1. The van der Waals surface area contributed by atoms with Crippen molar-refractivity contribution in [3.8, 4) is 0 Å². The molecule has 2 aliphatic heterocycles. The topological polar surface area (TPSA) is 87.3 Å². The van der Waals surface area contributed by atoms with E-state index >= 15 is 4.39 Å². The fourth-order valence-corrected chi connectivity index (χ4v) is 6.17. The van der Waals surface area contributed by atoms with E-state index in [1.54, 1.807) is 0 Å². The van der Waals surface area contributed by atoms with Crippen LogP contribution in [0.5, 0.6) is 0 Å². The Morgan fingerprint density at radius 3 is 2.46 bits per heavy atom. The highest BCUT2D eigenvalue weighted by molar-refractivity contribution is 6.06. The number of halogens is 1. The van der Waals surface area contributed by atoms with E-state index in [1.807, 2.05) is 45.1 Å². The number of carbonyl (C=O) groups excluding carboxylic acids is 1. The predicted octanol–water partition coefficient (Wildman–Crippen LogP) is 2.55. The standard InChI is InChI=1S/C30H38FN7O3/c1-4-37-23-7-5-6-8-24(23)38-27-21(19-22(31)28(33-27)36-13-11-35(12-14-36)20(2)3)26(39)25(30(37)38)29(40)32-9-10-34-15-17-41-18-16-34/h5-8,19-20H,4,9-18H2,1-3H3,(H,32,40). The van der Waals surface area contributed by atoms with Crippen molar-refractivity contribution in [2.45, 2.75) is 33.4 Å². The molecule has 1 aromatic carbocycles. The van der Waals surface area contributed by atoms with Gasteiger partial charge in [0.2, 0.25) is 5.43 Å². The van der Waals surface area contributed by atoms with Gasteiger partial charge in [0.1, 0.15) is 11.2 Å². The number of hydrogen-bond acceptors (Lipinski definition) is 7. The van der Waals surface area contributed by atoms with Crippen LogP contribution in [-0.2, 0) is 11.3 Å². The van der Waals surface area contributed by atoms with Crippen molar-refractivity contribution in [1.29, 1.82) is 0 Å². The van der Waals surface area contributed by atoms with Crippen LogP contribution in [0.3, 0.4) is 0 Å². The number of ether oxygens (including phenoxy) is 1. The molecule has 0 spiro atoms. The van der Waals surface area contributed by atoms with Gasteiger partial charge < -0.3 is 19.5 Å². The lowest BCUT2D eigenvalue weighted by Gasteiger charge is -2.37. The number of amides is 1. The molecule has 41 heavy (non-hydrogen) atoms. The van der Waals surface area contributed by atoms with Crippen molar-refractivity contribution in [2.24, 2.45) is 0 Å². The number of morpholine rings is 1. The Labute approximate surface area is 238 Å². The largest absolute Gasteiger partial charge is 0.379 e. The Morgan fingerprint density at radius 1 is 1.07 bits per heavy atom. The molecule has 10 nitrogen and oxygen atoms in total. The minimum absolute atomic E-state index is 0.0111. The van der Waals surface area contributed by atoms with E-state index in [2.05, 4.69) is 29.0 Å². The van der Waals surface area contributed by atoms with Gasteiger partial charge in [0.25, 0.3) is 5.91 Å². The third kappa shape index (κ3) is 4.96. The van der Waals surface area contributed by atoms with E-state index in [0.717, 1.165) is 37.2 Å². The number of imidazole rings is 1. The van der Waals surface area contributed by atoms with Gasteiger partial charge in [0.15, 0.2) is 17.3 Å². The maximum absolute atomic E-state index is 15.7. The molecule has 2 aliphatic rings. The SMILES string of the molecule is CCn1c2ccccc2n2c3nc(N4CCN(C(C)C)CC4)c(F)cc3c(=O)c(C(=O)NCCN3CCOCC3)c12. The molecule has 6 rings (SSSR count). The van der Waals surface area contributed by atoms with Crippen LogP contribution in [0.2, 0.25) is 0 Å². The van der Waals surface area contributed by atoms with Gasteiger partial charge in [0.05, 0.1) is 29.6 Å². The van der Waals surface area contributed by atoms with Crippen molar-refractivity contribution in [3.05, 3.63) is 51.9 Å². The van der Waals surface area contributed by atoms with Gasteiger partial charge in [-0.05, 0) is 39.0 Å². The number of fused-ring (bicyclic) bond motifs is 5. The predicted molar refractivity (Wildman–Crippen MR) is 159 cm³/mol. The summed E-state index contributed by atoms with van der Waals surface area (Å²) < 4.78 is 24.9. The number of aromatic nitrogens is 3. The first-order valence-corrected chi connectivity index (χ1v) is 14.6. The van der Waals surface area contributed by atoms with E-state index in [0.29, 0.717) is 63.3 Å². The smallest absolute Gasteiger partial charge is 0.259 e. The summed E-state index contributed by atoms with van der Waals surface area (Å²) in [6.45, 7) is 13.8. The number of hydrogen-bond donors (Lipinski definition) is 1. The number of para-hydroxylation sites is 2. The molecule has 1 amide bonds. The molecular formula is C30H38FN7O3. The third-order valence-electron chi connectivity index (χ3n) is 8.43. The summed E-state index contributed by atoms with van der Waals surface area (Å²) >= 11 is 0. The summed E-state index contributed by atoms with van der Waals surface area (Å²) in [6.07, 6.45) is 0. The molecule has 0 saturated carbocycles. The third-order valence-corrected chi connectivity index (χ3v) is 8.43. The minimum Gasteiger partial charge on any atom is -0.379 e. The number of carbonyl (C=O) groups is 1. The molecule has 2 saturated heterocycles. The molecule has 5 heterocycles. The van der Waals surface area contributed by atoms with Gasteiger partial charge in [-0.25, -0.2) is 9.37 Å². The molecule has 0 radical (unpaired) electrons. The quantitative estimate of drug-likeness (QED) is 0.370. The van der Waals surface area contributed by atoms with Crippen molar-refractivity contribution < 1.29 is 13.9 Å². The number of rotatable bonds is 7. The van der Waals surface area contributed by atoms with Gasteiger partial charge in [-0.3, -0.25) is 23.8 Å². The summed E-state index contributed by atoms with van der Waals surface area (Å²) in [5.74, 6) is -0.773. The summed E-state index contributed by atoms with van der Waals surface area (Å²) in [7, 11) is 0. The molecule has 0 aliphatic carbocycles. The van der Waals surface area contributed by atoms with Crippen LogP contribution < -0.4 is 15.6 Å². The van der Waals surface area contributed by atoms with Crippen molar-refractivity contribution in [2.75, 3.05) is 70.5 Å². The zero-order valence-electron chi connectivity index (χ0n) is 24.0. The maximum atomic E-state index is 15.7. The highest BCUT2D eigenvalue weighted by atomic mass is 19.1. The number of benzene rings is 1. The van der Waals surface area contributed by atoms with Crippen LogP contribution in [0.15, 0.2) is 35.1 Å². The molecule has 11 heteroatoms. The molecule has 1 N–H and O–H groups in total. The first-order valence-electron chi connectivity index (χ1n) is 14.6. The fraction of sp³-hybridized carbons (Fsp3) is 0.500. The summed E-state index contributed by atoms with van der Waals surface area (Å²) in [5.41, 5.74) is 2.03. The summed E-state index contributed by atoms with van der Waals surface area (Å²) in [4.78, 5) is 39.0. The Hall–Kier alpha value is -3.54. The lowest BCUT2D eigenvalue weighted by molar-refractivity contribution is 0.0383. The van der Waals surface area contributed by atoms with Crippen LogP contribution in [0.25, 0.3) is 27.7 Å². The normalized spacial score (nSPS) is 17.3. The van der Waals surface area contributed by atoms with Crippen LogP contribution >= 0.6 is 0 Å². The Morgan fingerprint density at radius 2 is 1.78 bits per heavy atom. The lowest BCUT2D eigenvalue weighted by atomic mass is 10.1. The number of aryl methyl sites for hydroxylation is 1. The van der Waals surface area contributed by atoms with E-state index in [1.165, 1.54) is 6.07 Å². The zero-order valence-corrected chi connectivity index (χ0v) is 24.0. The fourth-order valence-electron chi connectivity index (χ4n) is 6.17. The minimum atomic E-state index is -0.551. The average molecular weight is 564 g/mol. The maximum Gasteiger partial charge on any atom is 0.259 e. The first kappa shape index (κ1) is 27.6. The van der Waals surface area contributed by atoms with Crippen LogP contribution in [0, 0.1) is 5.82 Å². The van der Waals surface area contributed by atoms with Gasteiger partial charge in [-0.2, -0.15) is 0 Å². The van der Waals surface area contributed by atoms with Crippen LogP contribution in [0.1, 0.15) is 31.1 Å². The lowest BCUT2D eigenvalue weighted by Crippen LogP contribution is -2.49. The average Bonchev–Trinajstić information content (AvgIpc) is 3.31. The molecule has 0 bridgehead atoms. The van der Waals surface area contributed by atoms with E-state index in [9.17, 15) is 9.59 Å². The van der Waals surface area contributed by atoms with Gasteiger partial charge in [0, 0.05) is 64.9 Å². The monoisotopic (exact) mass is 563 g/mol. The molecule has 0 unspecified atom stereocenters. The van der Waals surface area contributed by atoms with E-state index in [4.69, 9.17) is 9.72 Å². The second-order valence-corrected chi connectivity index (χ2v) is 11.1. The summed E-state index contributed by atoms with van der Waals surface area (Å²) in [6, 6.07) is 9.46. The Balaban J connectivity index is 1.48. The highest BCUT2D eigenvalue weighted by Crippen LogP contribution is 2.29. The molecule has 0 atom stereocenters. The zero-order chi connectivity index (χ0) is 28.7. The Bertz CT molecular complexity index is 1650. The van der Waals surface area contributed by atoms with Gasteiger partial charge >= 0.3 is 0 Å². The number of anilines is 1. The van der Waals surface area contributed by atoms with Crippen molar-refractivity contribution in [1.82, 2.24) is 29.1 Å². The highest BCUT2D eigenvalue weighted by Gasteiger charge is 2.28. The summed E-state index contributed by atoms with van der Waals surface area (Å²) in [5, 5.41) is 3.05. The second-order valence-electron chi connectivity index (χ2n) is 11.1. The molecular weight excluding hydrogens is 525 g/mol. The van der Waals surface area contributed by atoms with Gasteiger partial charge in [-0.15, -0.1) is 0 Å². The van der Waals surface area contributed by atoms with E-state index in [-0.39, 0.29) is 16.8 Å². The van der Waals surface area contributed by atoms with Crippen LogP contribution in [-0.4, -0.2) is 101 Å². The molecule has 218 valence electrons. The van der Waals surface area contributed by atoms with Gasteiger partial charge in [-0.1, -0.05) is 12.1 Å². The van der Waals surface area contributed by atoms with Crippen LogP contribution in [0.4, 0.5) is 10.2 Å². The number of nitrogens with zero attached hydrogens (tertiary/aromatic N) is 6. The van der Waals surface area contributed by atoms with E-state index < -0.39 is 17.2 Å². The number of nitrogens with one attached hydrogen (secondary N) is 1. The van der Waals surface area contributed by atoms with Crippen molar-refractivity contribution in [3.63, 3.8) is 0 Å². The molecule has 4 aromatic rings. The molecule has 2 fully saturated rings. The first-order chi connectivity index (χ1) is 19.9. The second kappa shape index (κ2) is 11.4. The molecule has 3 aromatic heterocycles. The Kier molecular flexibility index (Phi) is 7.67. The number of pyridine rings is 2.